The third kappa shape index (κ3) is 4.10. The maximum Gasteiger partial charge on any atom is 0.251 e. The smallest absolute Gasteiger partial charge is 0.251 e. The molecule has 0 saturated carbocycles. The maximum absolute atomic E-state index is 11.6. The van der Waals surface area contributed by atoms with Gasteiger partial charge in [-0.25, -0.2) is 0 Å². The number of nitrogens with one attached hydrogen (secondary N) is 2. The number of anilines is 1. The lowest BCUT2D eigenvalue weighted by Crippen LogP contribution is -2.29. The summed E-state index contributed by atoms with van der Waals surface area (Å²) in [5.41, 5.74) is 1.82. The van der Waals surface area contributed by atoms with Gasteiger partial charge < -0.3 is 10.6 Å². The Hall–Kier alpha value is -1.51. The van der Waals surface area contributed by atoms with Gasteiger partial charge in [0.25, 0.3) is 5.91 Å². The fraction of sp³-hybridized carbons (Fsp3) is 0.500. The first-order chi connectivity index (χ1) is 7.98. The highest BCUT2D eigenvalue weighted by Crippen LogP contribution is 2.18. The summed E-state index contributed by atoms with van der Waals surface area (Å²) in [4.78, 5) is 11.6. The largest absolute Gasteiger partial charge is 0.380 e. The monoisotopic (exact) mass is 234 g/mol. The van der Waals surface area contributed by atoms with Crippen LogP contribution in [0.25, 0.3) is 0 Å². The molecule has 1 aromatic rings. The van der Waals surface area contributed by atoms with Crippen LogP contribution < -0.4 is 10.6 Å². The van der Waals surface area contributed by atoms with Crippen molar-refractivity contribution < 1.29 is 4.79 Å². The summed E-state index contributed by atoms with van der Waals surface area (Å²) in [7, 11) is 0. The molecule has 0 spiro atoms. The molecule has 0 unspecified atom stereocenters. The predicted molar refractivity (Wildman–Crippen MR) is 72.4 cm³/mol. The first kappa shape index (κ1) is 13.6. The van der Waals surface area contributed by atoms with Crippen molar-refractivity contribution >= 4 is 11.6 Å². The van der Waals surface area contributed by atoms with E-state index in [1.54, 1.807) is 0 Å². The van der Waals surface area contributed by atoms with Crippen LogP contribution in [0.4, 0.5) is 5.69 Å². The molecule has 0 aliphatic carbocycles. The SMILES string of the molecule is CCNC(=O)c1ccc(NC(C)(C)CC)cc1. The van der Waals surface area contributed by atoms with Crippen LogP contribution in [0.2, 0.25) is 0 Å². The van der Waals surface area contributed by atoms with Crippen LogP contribution in [0.5, 0.6) is 0 Å². The summed E-state index contributed by atoms with van der Waals surface area (Å²) in [6, 6.07) is 7.59. The first-order valence-electron chi connectivity index (χ1n) is 6.15. The van der Waals surface area contributed by atoms with E-state index in [-0.39, 0.29) is 11.4 Å². The third-order valence-corrected chi connectivity index (χ3v) is 2.85. The van der Waals surface area contributed by atoms with Gasteiger partial charge >= 0.3 is 0 Å². The van der Waals surface area contributed by atoms with Gasteiger partial charge in [-0.1, -0.05) is 6.92 Å². The summed E-state index contributed by atoms with van der Waals surface area (Å²) in [6.07, 6.45) is 1.05. The molecule has 0 atom stereocenters. The molecule has 17 heavy (non-hydrogen) atoms. The molecule has 3 nitrogen and oxygen atoms in total. The molecule has 0 heterocycles. The van der Waals surface area contributed by atoms with Crippen LogP contribution in [0.15, 0.2) is 24.3 Å². The molecule has 0 aliphatic heterocycles. The summed E-state index contributed by atoms with van der Waals surface area (Å²) >= 11 is 0. The molecule has 0 aromatic heterocycles. The Morgan fingerprint density at radius 3 is 2.24 bits per heavy atom. The van der Waals surface area contributed by atoms with Gasteiger partial charge in [0.1, 0.15) is 0 Å². The third-order valence-electron chi connectivity index (χ3n) is 2.85. The zero-order valence-electron chi connectivity index (χ0n) is 11.1. The van der Waals surface area contributed by atoms with Crippen molar-refractivity contribution in [2.75, 3.05) is 11.9 Å². The van der Waals surface area contributed by atoms with E-state index in [0.717, 1.165) is 12.1 Å². The quantitative estimate of drug-likeness (QED) is 0.822. The molecule has 3 heteroatoms. The number of hydrogen-bond donors (Lipinski definition) is 2. The zero-order valence-corrected chi connectivity index (χ0v) is 11.1. The lowest BCUT2D eigenvalue weighted by molar-refractivity contribution is 0.0956. The van der Waals surface area contributed by atoms with Gasteiger partial charge in [0.05, 0.1) is 0 Å². The molecule has 0 fully saturated rings. The lowest BCUT2D eigenvalue weighted by Gasteiger charge is -2.26. The second kappa shape index (κ2) is 5.71. The second-order valence-electron chi connectivity index (χ2n) is 4.80. The number of carbonyl (C=O) groups excluding carboxylic acids is 1. The van der Waals surface area contributed by atoms with E-state index >= 15 is 0 Å². The molecule has 1 aromatic carbocycles. The van der Waals surface area contributed by atoms with Gasteiger partial charge in [0.15, 0.2) is 0 Å². The summed E-state index contributed by atoms with van der Waals surface area (Å²) in [5.74, 6) is -0.0196. The molecule has 0 aliphatic rings. The van der Waals surface area contributed by atoms with Crippen LogP contribution in [-0.2, 0) is 0 Å². The van der Waals surface area contributed by atoms with Gasteiger partial charge in [-0.3, -0.25) is 4.79 Å². The minimum atomic E-state index is -0.0196. The average molecular weight is 234 g/mol. The molecule has 0 saturated heterocycles. The van der Waals surface area contributed by atoms with Crippen molar-refractivity contribution in [3.05, 3.63) is 29.8 Å². The van der Waals surface area contributed by atoms with Crippen molar-refractivity contribution in [2.24, 2.45) is 0 Å². The molecule has 1 amide bonds. The summed E-state index contributed by atoms with van der Waals surface area (Å²) < 4.78 is 0. The van der Waals surface area contributed by atoms with Crippen LogP contribution >= 0.6 is 0 Å². The van der Waals surface area contributed by atoms with Crippen molar-refractivity contribution in [1.82, 2.24) is 5.32 Å². The number of amides is 1. The van der Waals surface area contributed by atoms with Crippen molar-refractivity contribution in [2.45, 2.75) is 39.7 Å². The van der Waals surface area contributed by atoms with E-state index < -0.39 is 0 Å². The Bertz CT molecular complexity index is 368. The van der Waals surface area contributed by atoms with Crippen LogP contribution in [0.1, 0.15) is 44.5 Å². The molecule has 2 N–H and O–H groups in total. The molecular weight excluding hydrogens is 212 g/mol. The Balaban J connectivity index is 2.71. The maximum atomic E-state index is 11.6. The van der Waals surface area contributed by atoms with Crippen molar-refractivity contribution in [3.8, 4) is 0 Å². The van der Waals surface area contributed by atoms with E-state index in [0.29, 0.717) is 12.1 Å². The molecular formula is C14H22N2O. The van der Waals surface area contributed by atoms with Crippen LogP contribution in [0.3, 0.4) is 0 Å². The Kier molecular flexibility index (Phi) is 4.55. The number of benzene rings is 1. The van der Waals surface area contributed by atoms with E-state index in [9.17, 15) is 4.79 Å². The molecule has 0 radical (unpaired) electrons. The molecule has 1 rings (SSSR count). The van der Waals surface area contributed by atoms with Crippen molar-refractivity contribution in [3.63, 3.8) is 0 Å². The van der Waals surface area contributed by atoms with E-state index in [2.05, 4.69) is 31.4 Å². The van der Waals surface area contributed by atoms with E-state index in [1.807, 2.05) is 31.2 Å². The van der Waals surface area contributed by atoms with Gasteiger partial charge in [-0.05, 0) is 51.5 Å². The van der Waals surface area contributed by atoms with Gasteiger partial charge in [0, 0.05) is 23.3 Å². The normalized spacial score (nSPS) is 11.1. The van der Waals surface area contributed by atoms with Crippen molar-refractivity contribution in [1.29, 1.82) is 0 Å². The average Bonchev–Trinajstić information content (AvgIpc) is 2.30. The topological polar surface area (TPSA) is 41.1 Å². The predicted octanol–water partition coefficient (Wildman–Crippen LogP) is 3.04. The Labute approximate surface area is 104 Å². The van der Waals surface area contributed by atoms with Crippen LogP contribution in [0, 0.1) is 0 Å². The van der Waals surface area contributed by atoms with Crippen LogP contribution in [-0.4, -0.2) is 18.0 Å². The zero-order chi connectivity index (χ0) is 12.9. The minimum absolute atomic E-state index is 0.0196. The fourth-order valence-corrected chi connectivity index (χ4v) is 1.45. The summed E-state index contributed by atoms with van der Waals surface area (Å²) in [6.45, 7) is 9.03. The highest BCUT2D eigenvalue weighted by Gasteiger charge is 2.14. The first-order valence-corrected chi connectivity index (χ1v) is 6.15. The lowest BCUT2D eigenvalue weighted by atomic mass is 10.0. The number of hydrogen-bond acceptors (Lipinski definition) is 2. The highest BCUT2D eigenvalue weighted by molar-refractivity contribution is 5.94. The number of carbonyl (C=O) groups is 1. The van der Waals surface area contributed by atoms with Gasteiger partial charge in [0.2, 0.25) is 0 Å². The molecule has 0 bridgehead atoms. The minimum Gasteiger partial charge on any atom is -0.380 e. The van der Waals surface area contributed by atoms with Gasteiger partial charge in [-0.15, -0.1) is 0 Å². The fourth-order valence-electron chi connectivity index (χ4n) is 1.45. The van der Waals surface area contributed by atoms with E-state index in [4.69, 9.17) is 0 Å². The number of rotatable bonds is 5. The van der Waals surface area contributed by atoms with Gasteiger partial charge in [-0.2, -0.15) is 0 Å². The second-order valence-corrected chi connectivity index (χ2v) is 4.80. The van der Waals surface area contributed by atoms with E-state index in [1.165, 1.54) is 0 Å². The standard InChI is InChI=1S/C14H22N2O/c1-5-14(3,4)16-12-9-7-11(8-10-12)13(17)15-6-2/h7-10,16H,5-6H2,1-4H3,(H,15,17). The Morgan fingerprint density at radius 2 is 1.76 bits per heavy atom. The summed E-state index contributed by atoms with van der Waals surface area (Å²) in [5, 5.41) is 6.22. The molecule has 94 valence electrons. The Morgan fingerprint density at radius 1 is 1.18 bits per heavy atom. The highest BCUT2D eigenvalue weighted by atomic mass is 16.1.